The molecule has 1 fully saturated rings. The smallest absolute Gasteiger partial charge is 0.0711 e. The van der Waals surface area contributed by atoms with Crippen LogP contribution in [0.5, 0.6) is 0 Å². The molecule has 0 bridgehead atoms. The fourth-order valence-electron chi connectivity index (χ4n) is 3.93. The van der Waals surface area contributed by atoms with Gasteiger partial charge in [-0.3, -0.25) is 14.6 Å². The average Bonchev–Trinajstić information content (AvgIpc) is 3.17. The normalized spacial score (nSPS) is 20.6. The third-order valence-electron chi connectivity index (χ3n) is 5.38. The van der Waals surface area contributed by atoms with E-state index in [9.17, 15) is 5.11 Å². The summed E-state index contributed by atoms with van der Waals surface area (Å²) in [5.41, 5.74) is 4.18. The Morgan fingerprint density at radius 1 is 1.15 bits per heavy atom. The molecule has 4 rings (SSSR count). The van der Waals surface area contributed by atoms with Crippen molar-refractivity contribution in [1.82, 2.24) is 19.7 Å². The van der Waals surface area contributed by atoms with E-state index in [2.05, 4.69) is 28.2 Å². The maximum Gasteiger partial charge on any atom is 0.0711 e. The van der Waals surface area contributed by atoms with Gasteiger partial charge in [0.2, 0.25) is 0 Å². The van der Waals surface area contributed by atoms with Gasteiger partial charge in [-0.15, -0.1) is 0 Å². The topological polar surface area (TPSA) is 74.4 Å². The molecule has 0 aliphatic carbocycles. The first-order valence-corrected chi connectivity index (χ1v) is 9.51. The van der Waals surface area contributed by atoms with Gasteiger partial charge in [0.1, 0.15) is 0 Å². The van der Waals surface area contributed by atoms with E-state index in [1.165, 1.54) is 0 Å². The number of β-amino-alcohol motifs (C(OH)–C–C–N with tert-alkyl or cyclic N) is 1. The van der Waals surface area contributed by atoms with Crippen molar-refractivity contribution in [2.75, 3.05) is 19.7 Å². The number of aliphatic hydroxyl groups excluding tert-OH is 2. The second-order valence-electron chi connectivity index (χ2n) is 7.45. The summed E-state index contributed by atoms with van der Waals surface area (Å²) >= 11 is 0. The largest absolute Gasteiger partial charge is 0.394 e. The van der Waals surface area contributed by atoms with Gasteiger partial charge in [0.25, 0.3) is 0 Å². The van der Waals surface area contributed by atoms with Gasteiger partial charge in [-0.2, -0.15) is 5.10 Å². The highest BCUT2D eigenvalue weighted by Crippen LogP contribution is 2.24. The molecule has 0 radical (unpaired) electrons. The zero-order valence-electron chi connectivity index (χ0n) is 15.6. The monoisotopic (exact) mass is 366 g/mol. The van der Waals surface area contributed by atoms with Crippen LogP contribution in [0.15, 0.2) is 42.6 Å². The minimum absolute atomic E-state index is 0.0871. The number of aryl methyl sites for hydroxylation is 1. The number of aromatic nitrogens is 3. The Morgan fingerprint density at radius 3 is 2.85 bits per heavy atom. The number of hydrogen-bond donors (Lipinski definition) is 2. The third-order valence-corrected chi connectivity index (χ3v) is 5.38. The standard InChI is InChI=1S/C21H26N4O2/c1-15-18(13-25(23-15)8-9-26)12-24-11-17(21(27)14-24)10-19-7-6-16-4-2-3-5-20(16)22-19/h2-7,13,17,21,26-27H,8-12,14H2,1H3/t17-,21-/m1/s1. The zero-order chi connectivity index (χ0) is 18.8. The lowest BCUT2D eigenvalue weighted by molar-refractivity contribution is 0.140. The molecule has 2 aromatic heterocycles. The highest BCUT2D eigenvalue weighted by Gasteiger charge is 2.32. The first kappa shape index (κ1) is 18.1. The molecule has 3 heterocycles. The lowest BCUT2D eigenvalue weighted by Crippen LogP contribution is -2.21. The van der Waals surface area contributed by atoms with Crippen LogP contribution in [0, 0.1) is 12.8 Å². The van der Waals surface area contributed by atoms with E-state index >= 15 is 0 Å². The molecule has 0 amide bonds. The molecular formula is C21H26N4O2. The Hall–Kier alpha value is -2.28. The molecule has 0 spiro atoms. The van der Waals surface area contributed by atoms with Crippen LogP contribution in [0.4, 0.5) is 0 Å². The van der Waals surface area contributed by atoms with E-state index in [4.69, 9.17) is 10.1 Å². The summed E-state index contributed by atoms with van der Waals surface area (Å²) in [5, 5.41) is 25.2. The quantitative estimate of drug-likeness (QED) is 0.695. The number of aliphatic hydroxyl groups is 2. The number of fused-ring (bicyclic) bond motifs is 1. The summed E-state index contributed by atoms with van der Waals surface area (Å²) in [5.74, 6) is 0.187. The van der Waals surface area contributed by atoms with E-state index in [-0.39, 0.29) is 18.6 Å². The molecule has 1 saturated heterocycles. The highest BCUT2D eigenvalue weighted by atomic mass is 16.3. The van der Waals surface area contributed by atoms with Gasteiger partial charge in [-0.1, -0.05) is 24.3 Å². The van der Waals surface area contributed by atoms with Crippen molar-refractivity contribution in [3.05, 3.63) is 59.5 Å². The van der Waals surface area contributed by atoms with Gasteiger partial charge in [-0.05, 0) is 25.5 Å². The molecule has 1 aliphatic rings. The van der Waals surface area contributed by atoms with Crippen LogP contribution in [0.1, 0.15) is 17.0 Å². The molecule has 6 heteroatoms. The van der Waals surface area contributed by atoms with Crippen LogP contribution >= 0.6 is 0 Å². The Balaban J connectivity index is 1.41. The number of nitrogens with zero attached hydrogens (tertiary/aromatic N) is 4. The van der Waals surface area contributed by atoms with Crippen LogP contribution in [0.25, 0.3) is 10.9 Å². The molecule has 1 aromatic carbocycles. The lowest BCUT2D eigenvalue weighted by Gasteiger charge is -2.15. The van der Waals surface area contributed by atoms with E-state index < -0.39 is 0 Å². The molecule has 2 atom stereocenters. The molecule has 6 nitrogen and oxygen atoms in total. The van der Waals surface area contributed by atoms with Crippen molar-refractivity contribution in [2.24, 2.45) is 5.92 Å². The van der Waals surface area contributed by atoms with E-state index in [1.54, 1.807) is 4.68 Å². The van der Waals surface area contributed by atoms with Crippen molar-refractivity contribution in [1.29, 1.82) is 0 Å². The Kier molecular flexibility index (Phi) is 5.20. The van der Waals surface area contributed by atoms with Gasteiger partial charge in [0, 0.05) is 48.4 Å². The maximum atomic E-state index is 10.5. The Labute approximate surface area is 159 Å². The first-order valence-electron chi connectivity index (χ1n) is 9.51. The average molecular weight is 366 g/mol. The molecule has 3 aromatic rings. The van der Waals surface area contributed by atoms with Gasteiger partial charge in [0.05, 0.1) is 30.5 Å². The predicted octanol–water partition coefficient (Wildman–Crippen LogP) is 1.77. The predicted molar refractivity (Wildman–Crippen MR) is 104 cm³/mol. The summed E-state index contributed by atoms with van der Waals surface area (Å²) in [7, 11) is 0. The van der Waals surface area contributed by atoms with E-state index in [0.717, 1.165) is 47.4 Å². The second-order valence-corrected chi connectivity index (χ2v) is 7.45. The molecule has 1 aliphatic heterocycles. The first-order chi connectivity index (χ1) is 13.1. The zero-order valence-corrected chi connectivity index (χ0v) is 15.6. The Bertz CT molecular complexity index is 923. The fraction of sp³-hybridized carbons (Fsp3) is 0.429. The Morgan fingerprint density at radius 2 is 2.00 bits per heavy atom. The summed E-state index contributed by atoms with van der Waals surface area (Å²) in [6, 6.07) is 12.3. The third kappa shape index (κ3) is 4.03. The number of para-hydroxylation sites is 1. The number of likely N-dealkylation sites (tertiary alicyclic amines) is 1. The second kappa shape index (κ2) is 7.76. The molecule has 27 heavy (non-hydrogen) atoms. The number of rotatable bonds is 6. The van der Waals surface area contributed by atoms with Crippen molar-refractivity contribution in [3.63, 3.8) is 0 Å². The van der Waals surface area contributed by atoms with E-state index in [1.807, 2.05) is 31.3 Å². The van der Waals surface area contributed by atoms with Crippen molar-refractivity contribution < 1.29 is 10.2 Å². The summed E-state index contributed by atoms with van der Waals surface area (Å²) in [4.78, 5) is 7.03. The molecule has 0 saturated carbocycles. The van der Waals surface area contributed by atoms with Crippen molar-refractivity contribution in [3.8, 4) is 0 Å². The number of benzene rings is 1. The molecule has 142 valence electrons. The number of hydrogen-bond acceptors (Lipinski definition) is 5. The van der Waals surface area contributed by atoms with Crippen LogP contribution in [-0.4, -0.2) is 55.7 Å². The molecule has 2 N–H and O–H groups in total. The van der Waals surface area contributed by atoms with E-state index in [0.29, 0.717) is 13.1 Å². The molecule has 0 unspecified atom stereocenters. The molecular weight excluding hydrogens is 340 g/mol. The minimum Gasteiger partial charge on any atom is -0.394 e. The SMILES string of the molecule is Cc1nn(CCO)cc1CN1C[C@@H](Cc2ccc3ccccc3n2)[C@H](O)C1. The number of pyridine rings is 1. The van der Waals surface area contributed by atoms with Crippen molar-refractivity contribution in [2.45, 2.75) is 32.5 Å². The van der Waals surface area contributed by atoms with Crippen LogP contribution in [0.2, 0.25) is 0 Å². The van der Waals surface area contributed by atoms with Crippen LogP contribution in [-0.2, 0) is 19.5 Å². The summed E-state index contributed by atoms with van der Waals surface area (Å²) in [6.07, 6.45) is 2.44. The minimum atomic E-state index is -0.342. The summed E-state index contributed by atoms with van der Waals surface area (Å²) in [6.45, 7) is 4.88. The van der Waals surface area contributed by atoms with Gasteiger partial charge in [-0.25, -0.2) is 0 Å². The maximum absolute atomic E-state index is 10.5. The van der Waals surface area contributed by atoms with Crippen molar-refractivity contribution >= 4 is 10.9 Å². The lowest BCUT2D eigenvalue weighted by atomic mass is 9.99. The van der Waals surface area contributed by atoms with Crippen LogP contribution < -0.4 is 0 Å². The van der Waals surface area contributed by atoms with Gasteiger partial charge in [0.15, 0.2) is 0 Å². The van der Waals surface area contributed by atoms with Gasteiger partial charge >= 0.3 is 0 Å². The van der Waals surface area contributed by atoms with Gasteiger partial charge < -0.3 is 10.2 Å². The fourth-order valence-corrected chi connectivity index (χ4v) is 3.93. The summed E-state index contributed by atoms with van der Waals surface area (Å²) < 4.78 is 1.79. The van der Waals surface area contributed by atoms with Crippen LogP contribution in [0.3, 0.4) is 0 Å². The highest BCUT2D eigenvalue weighted by molar-refractivity contribution is 5.78.